The van der Waals surface area contributed by atoms with Gasteiger partial charge in [-0.25, -0.2) is 14.8 Å². The number of fused-ring (bicyclic) bond motifs is 2. The van der Waals surface area contributed by atoms with Gasteiger partial charge in [0.05, 0.1) is 26.9 Å². The lowest BCUT2D eigenvalue weighted by molar-refractivity contribution is -0.157. The third-order valence-electron chi connectivity index (χ3n) is 12.1. The van der Waals surface area contributed by atoms with Gasteiger partial charge in [0.25, 0.3) is 10.4 Å². The molecule has 2 unspecified atom stereocenters. The van der Waals surface area contributed by atoms with Crippen LogP contribution < -0.4 is 14.2 Å². The van der Waals surface area contributed by atoms with Gasteiger partial charge in [-0.05, 0) is 130 Å². The maximum atomic E-state index is 13.9. The summed E-state index contributed by atoms with van der Waals surface area (Å²) in [5.74, 6) is -1.47. The Labute approximate surface area is 368 Å². The number of likely N-dealkylation sites (N-methyl/N-ethyl adjacent to an activating group) is 1. The van der Waals surface area contributed by atoms with E-state index in [1.54, 1.807) is 0 Å². The monoisotopic (exact) mass is 877 g/mol. The number of carboxylic acids is 2. The average molecular weight is 878 g/mol. The molecule has 62 heavy (non-hydrogen) atoms. The first-order chi connectivity index (χ1) is 30.1. The van der Waals surface area contributed by atoms with Crippen LogP contribution in [0, 0.1) is 17.8 Å². The number of piperidine rings is 2. The van der Waals surface area contributed by atoms with Crippen molar-refractivity contribution in [3.63, 3.8) is 0 Å². The maximum Gasteiger partial charge on any atom is 0.326 e. The van der Waals surface area contributed by atoms with Crippen LogP contribution in [0.1, 0.15) is 37.7 Å². The van der Waals surface area contributed by atoms with Gasteiger partial charge in [-0.15, -0.1) is 0 Å². The van der Waals surface area contributed by atoms with Crippen molar-refractivity contribution in [2.24, 2.45) is 17.8 Å². The van der Waals surface area contributed by atoms with Crippen LogP contribution in [0.3, 0.4) is 0 Å². The number of ether oxygens (including phenoxy) is 3. The third kappa shape index (κ3) is 10.9. The molecule has 0 saturated carbocycles. The first kappa shape index (κ1) is 43.1. The minimum atomic E-state index is -1.22. The Balaban J connectivity index is 0.771. The minimum absolute atomic E-state index is 0.137. The summed E-state index contributed by atoms with van der Waals surface area (Å²) in [4.78, 5) is 53.9. The van der Waals surface area contributed by atoms with E-state index in [1.165, 1.54) is 40.2 Å². The first-order valence-corrected chi connectivity index (χ1v) is 22.8. The Bertz CT molecular complexity index is 2380. The number of hydrogen-bond donors (Lipinski definition) is 2. The van der Waals surface area contributed by atoms with Gasteiger partial charge in [-0.2, -0.15) is 0 Å². The van der Waals surface area contributed by atoms with Crippen molar-refractivity contribution in [1.29, 1.82) is 0 Å². The lowest BCUT2D eigenvalue weighted by Gasteiger charge is -2.41. The molecule has 0 aliphatic carbocycles. The molecule has 2 aromatic heterocycles. The molecule has 1 amide bonds. The van der Waals surface area contributed by atoms with E-state index in [0.717, 1.165) is 58.0 Å². The molecule has 0 radical (unpaired) electrons. The number of carbonyl (C=O) groups excluding carboxylic acids is 1. The van der Waals surface area contributed by atoms with Crippen molar-refractivity contribution in [3.05, 3.63) is 103 Å². The van der Waals surface area contributed by atoms with E-state index in [0.29, 0.717) is 68.1 Å². The number of aliphatic carboxylic acids is 2. The van der Waals surface area contributed by atoms with Gasteiger partial charge in [0.2, 0.25) is 5.91 Å². The number of para-hydroxylation sites is 2. The SMILES string of the molecule is CN(C(=O)C1CCN(CCOc2ccc(Oc3nc4ccccc4s3)cc2)CC1)C(C(=O)O)C(CC(=O)O)C1CCN(CCc2ccc(Oc3nc4ccccc4s3)cc2)CC1. The summed E-state index contributed by atoms with van der Waals surface area (Å²) in [7, 11) is 1.54. The average Bonchev–Trinajstić information content (AvgIpc) is 3.89. The molecule has 2 saturated heterocycles. The van der Waals surface area contributed by atoms with E-state index in [2.05, 4.69) is 31.9 Å². The Kier molecular flexibility index (Phi) is 13.9. The highest BCUT2D eigenvalue weighted by Gasteiger charge is 2.42. The molecular formula is C47H51N5O8S2. The summed E-state index contributed by atoms with van der Waals surface area (Å²) >= 11 is 3.01. The second-order valence-corrected chi connectivity index (χ2v) is 18.1. The Morgan fingerprint density at radius 2 is 1.23 bits per heavy atom. The topological polar surface area (TPSA) is 155 Å². The Hall–Kier alpha value is -5.61. The molecule has 2 N–H and O–H groups in total. The van der Waals surface area contributed by atoms with Crippen LogP contribution in [-0.2, 0) is 20.8 Å². The van der Waals surface area contributed by atoms with Crippen molar-refractivity contribution in [3.8, 4) is 27.6 Å². The minimum Gasteiger partial charge on any atom is -0.492 e. The molecule has 2 aliphatic rings. The smallest absolute Gasteiger partial charge is 0.326 e. The van der Waals surface area contributed by atoms with Gasteiger partial charge in [0.1, 0.15) is 29.9 Å². The van der Waals surface area contributed by atoms with Gasteiger partial charge in [0, 0.05) is 32.0 Å². The first-order valence-electron chi connectivity index (χ1n) is 21.2. The van der Waals surface area contributed by atoms with Gasteiger partial charge in [-0.1, -0.05) is 59.1 Å². The second kappa shape index (κ2) is 20.1. The molecule has 2 fully saturated rings. The fourth-order valence-electron chi connectivity index (χ4n) is 8.71. The fourth-order valence-corrected chi connectivity index (χ4v) is 10.4. The molecule has 6 aromatic rings. The molecule has 8 rings (SSSR count). The highest BCUT2D eigenvalue weighted by atomic mass is 32.1. The summed E-state index contributed by atoms with van der Waals surface area (Å²) in [5.41, 5.74) is 3.00. The van der Waals surface area contributed by atoms with Gasteiger partial charge < -0.3 is 34.2 Å². The molecule has 0 bridgehead atoms. The number of hydrogen-bond acceptors (Lipinski definition) is 12. The summed E-state index contributed by atoms with van der Waals surface area (Å²) in [6.45, 7) is 4.81. The lowest BCUT2D eigenvalue weighted by atomic mass is 9.77. The van der Waals surface area contributed by atoms with Crippen molar-refractivity contribution in [2.75, 3.05) is 52.9 Å². The zero-order valence-electron chi connectivity index (χ0n) is 34.6. The number of aromatic nitrogens is 2. The largest absolute Gasteiger partial charge is 0.492 e. The molecule has 13 nitrogen and oxygen atoms in total. The van der Waals surface area contributed by atoms with E-state index >= 15 is 0 Å². The van der Waals surface area contributed by atoms with E-state index in [1.807, 2.05) is 84.9 Å². The van der Waals surface area contributed by atoms with E-state index in [4.69, 9.17) is 14.2 Å². The highest BCUT2D eigenvalue weighted by Crippen LogP contribution is 2.35. The van der Waals surface area contributed by atoms with Crippen LogP contribution >= 0.6 is 22.7 Å². The van der Waals surface area contributed by atoms with Crippen LogP contribution in [0.2, 0.25) is 0 Å². The van der Waals surface area contributed by atoms with Crippen LogP contribution in [0.15, 0.2) is 97.1 Å². The summed E-state index contributed by atoms with van der Waals surface area (Å²) in [5, 5.41) is 21.6. The van der Waals surface area contributed by atoms with Crippen LogP contribution in [0.25, 0.3) is 20.4 Å². The number of carbonyl (C=O) groups is 3. The van der Waals surface area contributed by atoms with Crippen LogP contribution in [0.5, 0.6) is 27.6 Å². The zero-order valence-corrected chi connectivity index (χ0v) is 36.3. The van der Waals surface area contributed by atoms with Crippen molar-refractivity contribution in [1.82, 2.24) is 24.7 Å². The van der Waals surface area contributed by atoms with Crippen molar-refractivity contribution < 1.29 is 38.8 Å². The number of thiazole rings is 2. The number of benzene rings is 4. The number of amides is 1. The maximum absolute atomic E-state index is 13.9. The Morgan fingerprint density at radius 3 is 1.77 bits per heavy atom. The molecular weight excluding hydrogens is 827 g/mol. The summed E-state index contributed by atoms with van der Waals surface area (Å²) < 4.78 is 20.1. The van der Waals surface area contributed by atoms with Crippen LogP contribution in [0.4, 0.5) is 0 Å². The predicted molar refractivity (Wildman–Crippen MR) is 240 cm³/mol. The van der Waals surface area contributed by atoms with Crippen LogP contribution in [-0.4, -0.2) is 112 Å². The summed E-state index contributed by atoms with van der Waals surface area (Å²) in [6.07, 6.45) is 3.05. The second-order valence-electron chi connectivity index (χ2n) is 16.1. The fraction of sp³-hybridized carbons (Fsp3) is 0.383. The molecule has 4 aromatic carbocycles. The van der Waals surface area contributed by atoms with E-state index in [9.17, 15) is 24.6 Å². The third-order valence-corrected chi connectivity index (χ3v) is 13.9. The molecule has 324 valence electrons. The molecule has 4 heterocycles. The van der Waals surface area contributed by atoms with Crippen molar-refractivity contribution >= 4 is 61.0 Å². The number of likely N-dealkylation sites (tertiary alicyclic amines) is 2. The van der Waals surface area contributed by atoms with Gasteiger partial charge >= 0.3 is 11.9 Å². The van der Waals surface area contributed by atoms with Gasteiger partial charge in [-0.3, -0.25) is 14.5 Å². The van der Waals surface area contributed by atoms with Crippen molar-refractivity contribution in [2.45, 2.75) is 44.6 Å². The molecule has 15 heteroatoms. The van der Waals surface area contributed by atoms with E-state index in [-0.39, 0.29) is 24.2 Å². The lowest BCUT2D eigenvalue weighted by Crippen LogP contribution is -2.53. The number of rotatable bonds is 18. The normalized spacial score (nSPS) is 16.5. The quantitative estimate of drug-likeness (QED) is 0.0851. The standard InChI is InChI=1S/C47H51N5O8S2/c1-50(44(55)33-21-26-52(27-22-33)28-29-58-34-14-16-36(17-15-34)60-47-49-39-7-3-5-9-41(39)62-47)43(45(56)57)37(30-42(53)54)32-19-24-51(25-20-32)23-18-31-10-12-35(13-11-31)59-46-48-38-6-2-4-8-40(38)61-46/h2-17,32-33,37,43H,18-30H2,1H3,(H,53,54)(H,56,57). The molecule has 2 aliphatic heterocycles. The van der Waals surface area contributed by atoms with Gasteiger partial charge in [0.15, 0.2) is 0 Å². The number of carboxylic acid groups (broad SMARTS) is 2. The summed E-state index contributed by atoms with van der Waals surface area (Å²) in [6, 6.07) is 30.1. The predicted octanol–water partition coefficient (Wildman–Crippen LogP) is 8.54. The molecule has 2 atom stereocenters. The Morgan fingerprint density at radius 1 is 0.710 bits per heavy atom. The molecule has 0 spiro atoms. The zero-order chi connectivity index (χ0) is 43.0. The van der Waals surface area contributed by atoms with E-state index < -0.39 is 23.9 Å². The number of nitrogens with zero attached hydrogens (tertiary/aromatic N) is 5. The highest BCUT2D eigenvalue weighted by molar-refractivity contribution is 7.20.